The van der Waals surface area contributed by atoms with Crippen LogP contribution in [0.5, 0.6) is 0 Å². The maximum Gasteiger partial charge on any atom is 0.233 e. The Balaban J connectivity index is 1.63. The molecule has 1 aliphatic carbocycles. The third kappa shape index (κ3) is 2.52. The zero-order chi connectivity index (χ0) is 17.7. The van der Waals surface area contributed by atoms with Crippen LogP contribution >= 0.6 is 11.8 Å². The molecule has 1 aliphatic rings. The number of amides is 1. The number of hydrogen-bond donors (Lipinski definition) is 0. The quantitative estimate of drug-likeness (QED) is 0.410. The summed E-state index contributed by atoms with van der Waals surface area (Å²) in [5, 5.41) is 1.83. The van der Waals surface area contributed by atoms with Crippen LogP contribution in [0.25, 0.3) is 27.6 Å². The summed E-state index contributed by atoms with van der Waals surface area (Å²) in [6.45, 7) is 0. The van der Waals surface area contributed by atoms with Crippen molar-refractivity contribution in [3.8, 4) is 0 Å². The maximum absolute atomic E-state index is 12.5. The zero-order valence-corrected chi connectivity index (χ0v) is 15.2. The number of aromatic nitrogens is 3. The average Bonchev–Trinajstić information content (AvgIpc) is 3.45. The van der Waals surface area contributed by atoms with E-state index in [1.165, 1.54) is 11.8 Å². The molecule has 0 unspecified atom stereocenters. The molecule has 0 spiro atoms. The average molecular weight is 362 g/mol. The molecular weight excluding hydrogens is 344 g/mol. The number of nitrogens with zero attached hydrogens (tertiary/aromatic N) is 4. The van der Waals surface area contributed by atoms with Gasteiger partial charge in [-0.3, -0.25) is 9.20 Å². The standard InChI is InChI=1S/C20H18N4OS/c1-23(13-10-11-13)18(25)12-26-20-22-15-7-3-2-6-14(15)19-21-16-8-4-5-9-17(16)24(19)20/h2-9,13H,10-12H2,1H3. The van der Waals surface area contributed by atoms with Gasteiger partial charge in [0.15, 0.2) is 5.16 Å². The molecule has 1 fully saturated rings. The van der Waals surface area contributed by atoms with Crippen molar-refractivity contribution in [2.75, 3.05) is 12.8 Å². The molecule has 0 radical (unpaired) electrons. The lowest BCUT2D eigenvalue weighted by molar-refractivity contribution is -0.127. The topological polar surface area (TPSA) is 50.5 Å². The Bertz CT molecular complexity index is 1150. The van der Waals surface area contributed by atoms with E-state index in [0.717, 1.165) is 45.6 Å². The molecule has 4 aromatic rings. The van der Waals surface area contributed by atoms with E-state index in [1.807, 2.05) is 60.5 Å². The van der Waals surface area contributed by atoms with Crippen LogP contribution in [-0.2, 0) is 4.79 Å². The number of rotatable bonds is 4. The van der Waals surface area contributed by atoms with Crippen molar-refractivity contribution < 1.29 is 4.79 Å². The van der Waals surface area contributed by atoms with Gasteiger partial charge in [0, 0.05) is 18.5 Å². The number of thioether (sulfide) groups is 1. The van der Waals surface area contributed by atoms with Gasteiger partial charge in [-0.2, -0.15) is 0 Å². The van der Waals surface area contributed by atoms with Crippen LogP contribution in [0.4, 0.5) is 0 Å². The van der Waals surface area contributed by atoms with Crippen molar-refractivity contribution in [1.82, 2.24) is 19.3 Å². The molecule has 0 aliphatic heterocycles. The molecular formula is C20H18N4OS. The smallest absolute Gasteiger partial charge is 0.233 e. The summed E-state index contributed by atoms with van der Waals surface area (Å²) >= 11 is 1.49. The highest BCUT2D eigenvalue weighted by Crippen LogP contribution is 2.30. The van der Waals surface area contributed by atoms with Crippen LogP contribution in [0, 0.1) is 0 Å². The van der Waals surface area contributed by atoms with Gasteiger partial charge in [-0.15, -0.1) is 0 Å². The molecule has 5 nitrogen and oxygen atoms in total. The van der Waals surface area contributed by atoms with E-state index in [-0.39, 0.29) is 5.91 Å². The lowest BCUT2D eigenvalue weighted by Gasteiger charge is -2.16. The normalized spacial score (nSPS) is 14.3. The molecule has 26 heavy (non-hydrogen) atoms. The predicted molar refractivity (Wildman–Crippen MR) is 105 cm³/mol. The molecule has 1 saturated carbocycles. The van der Waals surface area contributed by atoms with Crippen LogP contribution in [0.2, 0.25) is 0 Å². The molecule has 0 bridgehead atoms. The maximum atomic E-state index is 12.5. The molecule has 6 heteroatoms. The third-order valence-corrected chi connectivity index (χ3v) is 5.85. The second-order valence-corrected chi connectivity index (χ2v) is 7.64. The minimum absolute atomic E-state index is 0.157. The van der Waals surface area contributed by atoms with Crippen LogP contribution in [0.1, 0.15) is 12.8 Å². The van der Waals surface area contributed by atoms with Crippen molar-refractivity contribution in [3.05, 3.63) is 48.5 Å². The number of benzene rings is 2. The van der Waals surface area contributed by atoms with Gasteiger partial charge in [-0.25, -0.2) is 9.97 Å². The Kier molecular flexibility index (Phi) is 3.60. The Morgan fingerprint density at radius 3 is 2.65 bits per heavy atom. The third-order valence-electron chi connectivity index (χ3n) is 4.93. The van der Waals surface area contributed by atoms with Crippen LogP contribution in [0.3, 0.4) is 0 Å². The first-order chi connectivity index (χ1) is 12.7. The van der Waals surface area contributed by atoms with Crippen molar-refractivity contribution in [1.29, 1.82) is 0 Å². The number of carbonyl (C=O) groups excluding carboxylic acids is 1. The Labute approximate surface area is 155 Å². The molecule has 5 rings (SSSR count). The molecule has 0 N–H and O–H groups in total. The van der Waals surface area contributed by atoms with Crippen molar-refractivity contribution in [2.24, 2.45) is 0 Å². The molecule has 130 valence electrons. The molecule has 0 atom stereocenters. The van der Waals surface area contributed by atoms with Gasteiger partial charge in [0.05, 0.1) is 22.3 Å². The summed E-state index contributed by atoms with van der Waals surface area (Å²) < 4.78 is 2.08. The van der Waals surface area contributed by atoms with Gasteiger partial charge < -0.3 is 4.90 Å². The first-order valence-corrected chi connectivity index (χ1v) is 9.75. The number of imidazole rings is 1. The van der Waals surface area contributed by atoms with Crippen LogP contribution < -0.4 is 0 Å². The van der Waals surface area contributed by atoms with Gasteiger partial charge in [-0.1, -0.05) is 36.0 Å². The van der Waals surface area contributed by atoms with Gasteiger partial charge in [0.25, 0.3) is 0 Å². The minimum atomic E-state index is 0.157. The number of para-hydroxylation sites is 3. The first-order valence-electron chi connectivity index (χ1n) is 8.77. The molecule has 2 aromatic heterocycles. The fourth-order valence-corrected chi connectivity index (χ4v) is 4.24. The monoisotopic (exact) mass is 362 g/mol. The van der Waals surface area contributed by atoms with E-state index in [2.05, 4.69) is 4.40 Å². The van der Waals surface area contributed by atoms with Crippen LogP contribution in [-0.4, -0.2) is 44.0 Å². The number of carbonyl (C=O) groups is 1. The highest BCUT2D eigenvalue weighted by molar-refractivity contribution is 7.99. The van der Waals surface area contributed by atoms with Gasteiger partial charge in [0.1, 0.15) is 5.65 Å². The largest absolute Gasteiger partial charge is 0.342 e. The highest BCUT2D eigenvalue weighted by atomic mass is 32.2. The SMILES string of the molecule is CN(C(=O)CSc1nc2ccccc2c2nc3ccccc3n12)C1CC1. The van der Waals surface area contributed by atoms with E-state index < -0.39 is 0 Å². The molecule has 2 heterocycles. The van der Waals surface area contributed by atoms with Crippen LogP contribution in [0.15, 0.2) is 53.7 Å². The second-order valence-electron chi connectivity index (χ2n) is 6.70. The first kappa shape index (κ1) is 15.6. The molecule has 2 aromatic carbocycles. The van der Waals surface area contributed by atoms with Crippen molar-refractivity contribution in [3.63, 3.8) is 0 Å². The number of fused-ring (bicyclic) bond motifs is 5. The van der Waals surface area contributed by atoms with Gasteiger partial charge >= 0.3 is 0 Å². The Hall–Kier alpha value is -2.60. The summed E-state index contributed by atoms with van der Waals surface area (Å²) in [6, 6.07) is 16.5. The summed E-state index contributed by atoms with van der Waals surface area (Å²) in [7, 11) is 1.90. The Morgan fingerprint density at radius 2 is 1.85 bits per heavy atom. The van der Waals surface area contributed by atoms with E-state index in [4.69, 9.17) is 9.97 Å². The van der Waals surface area contributed by atoms with E-state index in [1.54, 1.807) is 0 Å². The van der Waals surface area contributed by atoms with Gasteiger partial charge in [0.2, 0.25) is 5.91 Å². The lowest BCUT2D eigenvalue weighted by Crippen LogP contribution is -2.30. The van der Waals surface area contributed by atoms with E-state index >= 15 is 0 Å². The number of hydrogen-bond acceptors (Lipinski definition) is 4. The van der Waals surface area contributed by atoms with E-state index in [0.29, 0.717) is 11.8 Å². The summed E-state index contributed by atoms with van der Waals surface area (Å²) in [5.41, 5.74) is 3.75. The van der Waals surface area contributed by atoms with Crippen molar-refractivity contribution >= 4 is 45.3 Å². The summed E-state index contributed by atoms with van der Waals surface area (Å²) in [6.07, 6.45) is 2.25. The highest BCUT2D eigenvalue weighted by Gasteiger charge is 2.29. The molecule has 1 amide bonds. The second kappa shape index (κ2) is 5.99. The Morgan fingerprint density at radius 1 is 1.12 bits per heavy atom. The van der Waals surface area contributed by atoms with Crippen molar-refractivity contribution in [2.45, 2.75) is 24.0 Å². The van der Waals surface area contributed by atoms with Gasteiger partial charge in [-0.05, 0) is 37.1 Å². The predicted octanol–water partition coefficient (Wildman–Crippen LogP) is 3.75. The summed E-state index contributed by atoms with van der Waals surface area (Å²) in [5.74, 6) is 0.546. The minimum Gasteiger partial charge on any atom is -0.342 e. The fraction of sp³-hybridized carbons (Fsp3) is 0.250. The summed E-state index contributed by atoms with van der Waals surface area (Å²) in [4.78, 5) is 24.0. The zero-order valence-electron chi connectivity index (χ0n) is 14.4. The molecule has 0 saturated heterocycles. The fourth-order valence-electron chi connectivity index (χ4n) is 3.30. The van der Waals surface area contributed by atoms with E-state index in [9.17, 15) is 4.79 Å². The lowest BCUT2D eigenvalue weighted by atomic mass is 10.2.